The highest BCUT2D eigenvalue weighted by Crippen LogP contribution is 1.94. The van der Waals surface area contributed by atoms with Crippen LogP contribution in [0, 0.1) is 6.92 Å². The molecule has 0 rings (SSSR count). The lowest BCUT2D eigenvalue weighted by Gasteiger charge is -2.07. The van der Waals surface area contributed by atoms with Crippen molar-refractivity contribution in [3.05, 3.63) is 6.92 Å². The molecular formula is C4H7Cl2O2. The Morgan fingerprint density at radius 1 is 1.25 bits per heavy atom. The topological polar surface area (TPSA) is 18.5 Å². The molecule has 0 aromatic carbocycles. The summed E-state index contributed by atoms with van der Waals surface area (Å²) in [5.41, 5.74) is 0. The maximum atomic E-state index is 5.15. The van der Waals surface area contributed by atoms with Crippen LogP contribution in [0.15, 0.2) is 0 Å². The third-order valence-corrected chi connectivity index (χ3v) is 0.750. The molecule has 0 amide bonds. The van der Waals surface area contributed by atoms with Gasteiger partial charge < -0.3 is 9.47 Å². The van der Waals surface area contributed by atoms with Crippen LogP contribution in [0.3, 0.4) is 0 Å². The Balaban J connectivity index is 2.92. The summed E-state index contributed by atoms with van der Waals surface area (Å²) in [7, 11) is 0. The predicted octanol–water partition coefficient (Wildman–Crippen LogP) is 1.57. The van der Waals surface area contributed by atoms with Crippen molar-refractivity contribution in [1.29, 1.82) is 0 Å². The molecule has 0 atom stereocenters. The minimum Gasteiger partial charge on any atom is -0.337 e. The fourth-order valence-electron chi connectivity index (χ4n) is 0.189. The van der Waals surface area contributed by atoms with Gasteiger partial charge in [0.25, 0.3) is 0 Å². The SMILES string of the molecule is [CH2]C(OCCl)OCCl. The van der Waals surface area contributed by atoms with E-state index in [1.54, 1.807) is 0 Å². The number of rotatable bonds is 4. The normalized spacial score (nSPS) is 10.5. The second kappa shape index (κ2) is 5.63. The minimum atomic E-state index is -0.551. The maximum absolute atomic E-state index is 5.15. The molecule has 0 saturated heterocycles. The first-order valence-corrected chi connectivity index (χ1v) is 3.06. The Bertz CT molecular complexity index is 45.3. The van der Waals surface area contributed by atoms with E-state index in [0.29, 0.717) is 0 Å². The van der Waals surface area contributed by atoms with Gasteiger partial charge in [-0.3, -0.25) is 0 Å². The van der Waals surface area contributed by atoms with Gasteiger partial charge in [-0.2, -0.15) is 0 Å². The smallest absolute Gasteiger partial charge is 0.161 e. The number of ether oxygens (including phenoxy) is 2. The first kappa shape index (κ1) is 8.50. The third kappa shape index (κ3) is 4.65. The molecule has 0 aromatic rings. The van der Waals surface area contributed by atoms with Crippen LogP contribution in [-0.2, 0) is 9.47 Å². The van der Waals surface area contributed by atoms with Crippen molar-refractivity contribution in [3.8, 4) is 0 Å². The van der Waals surface area contributed by atoms with Crippen LogP contribution in [-0.4, -0.2) is 18.4 Å². The molecule has 0 fully saturated rings. The molecule has 0 heterocycles. The predicted molar refractivity (Wildman–Crippen MR) is 32.8 cm³/mol. The van der Waals surface area contributed by atoms with Gasteiger partial charge in [0, 0.05) is 6.92 Å². The zero-order chi connectivity index (χ0) is 6.41. The second-order valence-electron chi connectivity index (χ2n) is 0.981. The Morgan fingerprint density at radius 3 is 1.88 bits per heavy atom. The van der Waals surface area contributed by atoms with E-state index in [2.05, 4.69) is 16.4 Å². The van der Waals surface area contributed by atoms with E-state index in [1.165, 1.54) is 0 Å². The van der Waals surface area contributed by atoms with E-state index < -0.39 is 6.29 Å². The van der Waals surface area contributed by atoms with E-state index in [-0.39, 0.29) is 12.1 Å². The first-order chi connectivity index (χ1) is 3.81. The van der Waals surface area contributed by atoms with Gasteiger partial charge in [-0.25, -0.2) is 0 Å². The molecule has 0 spiro atoms. The van der Waals surface area contributed by atoms with Crippen molar-refractivity contribution in [2.24, 2.45) is 0 Å². The quantitative estimate of drug-likeness (QED) is 0.456. The van der Waals surface area contributed by atoms with Crippen LogP contribution in [0.25, 0.3) is 0 Å². The molecular weight excluding hydrogens is 151 g/mol. The van der Waals surface area contributed by atoms with Gasteiger partial charge in [0.1, 0.15) is 12.1 Å². The van der Waals surface area contributed by atoms with Crippen LogP contribution in [0.2, 0.25) is 0 Å². The number of halogens is 2. The number of hydrogen-bond acceptors (Lipinski definition) is 2. The largest absolute Gasteiger partial charge is 0.337 e. The lowest BCUT2D eigenvalue weighted by Crippen LogP contribution is -2.10. The monoisotopic (exact) mass is 157 g/mol. The van der Waals surface area contributed by atoms with Crippen molar-refractivity contribution >= 4 is 23.2 Å². The summed E-state index contributed by atoms with van der Waals surface area (Å²) in [6, 6.07) is 0.149. The van der Waals surface area contributed by atoms with E-state index in [9.17, 15) is 0 Å². The summed E-state index contributed by atoms with van der Waals surface area (Å²) in [5.74, 6) is 0. The van der Waals surface area contributed by atoms with Gasteiger partial charge in [0.2, 0.25) is 0 Å². The van der Waals surface area contributed by atoms with Crippen LogP contribution in [0.1, 0.15) is 0 Å². The third-order valence-electron chi connectivity index (χ3n) is 0.498. The Hall–Kier alpha value is 0.500. The second-order valence-corrected chi connectivity index (χ2v) is 1.42. The van der Waals surface area contributed by atoms with Crippen LogP contribution in [0.5, 0.6) is 0 Å². The van der Waals surface area contributed by atoms with Crippen LogP contribution < -0.4 is 0 Å². The van der Waals surface area contributed by atoms with Crippen LogP contribution in [0.4, 0.5) is 0 Å². The fourth-order valence-corrected chi connectivity index (χ4v) is 0.470. The highest BCUT2D eigenvalue weighted by molar-refractivity contribution is 6.17. The first-order valence-electron chi connectivity index (χ1n) is 1.99. The van der Waals surface area contributed by atoms with E-state index >= 15 is 0 Å². The van der Waals surface area contributed by atoms with Gasteiger partial charge in [-0.1, -0.05) is 23.2 Å². The summed E-state index contributed by atoms with van der Waals surface area (Å²) in [4.78, 5) is 0. The molecule has 0 N–H and O–H groups in total. The molecule has 4 heteroatoms. The average molecular weight is 158 g/mol. The molecule has 0 aliphatic heterocycles. The van der Waals surface area contributed by atoms with Crippen molar-refractivity contribution in [1.82, 2.24) is 0 Å². The summed E-state index contributed by atoms with van der Waals surface area (Å²) >= 11 is 10.3. The maximum Gasteiger partial charge on any atom is 0.161 e. The molecule has 0 aromatic heterocycles. The van der Waals surface area contributed by atoms with Crippen LogP contribution >= 0.6 is 23.2 Å². The summed E-state index contributed by atoms with van der Waals surface area (Å²) < 4.78 is 9.26. The standard InChI is InChI=1S/C4H7Cl2O2/c1-4(7-2-5)8-3-6/h4H,1-3H2. The zero-order valence-corrected chi connectivity index (χ0v) is 5.78. The van der Waals surface area contributed by atoms with E-state index in [0.717, 1.165) is 0 Å². The molecule has 0 aliphatic rings. The molecule has 1 radical (unpaired) electrons. The van der Waals surface area contributed by atoms with Crippen molar-refractivity contribution in [2.45, 2.75) is 6.29 Å². The summed E-state index contributed by atoms with van der Waals surface area (Å²) in [5, 5.41) is 0. The van der Waals surface area contributed by atoms with Gasteiger partial charge in [0.15, 0.2) is 6.29 Å². The van der Waals surface area contributed by atoms with E-state index in [1.807, 2.05) is 0 Å². The van der Waals surface area contributed by atoms with Crippen molar-refractivity contribution < 1.29 is 9.47 Å². The van der Waals surface area contributed by atoms with Gasteiger partial charge in [0.05, 0.1) is 0 Å². The Labute approximate surface area is 58.7 Å². The Kier molecular flexibility index (Phi) is 5.99. The average Bonchev–Trinajstić information content (AvgIpc) is 1.68. The van der Waals surface area contributed by atoms with Gasteiger partial charge in [-0.05, 0) is 0 Å². The molecule has 8 heavy (non-hydrogen) atoms. The van der Waals surface area contributed by atoms with Crippen molar-refractivity contribution in [2.75, 3.05) is 12.1 Å². The molecule has 0 bridgehead atoms. The number of alkyl halides is 2. The molecule has 0 unspecified atom stereocenters. The van der Waals surface area contributed by atoms with Gasteiger partial charge in [-0.15, -0.1) is 0 Å². The highest BCUT2D eigenvalue weighted by Gasteiger charge is 1.96. The zero-order valence-electron chi connectivity index (χ0n) is 4.27. The lowest BCUT2D eigenvalue weighted by molar-refractivity contribution is -0.0838. The molecule has 0 aliphatic carbocycles. The van der Waals surface area contributed by atoms with E-state index in [4.69, 9.17) is 23.2 Å². The molecule has 0 saturated carbocycles. The summed E-state index contributed by atoms with van der Waals surface area (Å²) in [6.45, 7) is 3.40. The highest BCUT2D eigenvalue weighted by atomic mass is 35.5. The Morgan fingerprint density at radius 2 is 1.62 bits per heavy atom. The fraction of sp³-hybridized carbons (Fsp3) is 0.750. The number of hydrogen-bond donors (Lipinski definition) is 0. The summed E-state index contributed by atoms with van der Waals surface area (Å²) in [6.07, 6.45) is -0.551. The van der Waals surface area contributed by atoms with Crippen molar-refractivity contribution in [3.63, 3.8) is 0 Å². The minimum absolute atomic E-state index is 0.0745. The van der Waals surface area contributed by atoms with Gasteiger partial charge >= 0.3 is 0 Å². The molecule has 49 valence electrons. The molecule has 2 nitrogen and oxygen atoms in total. The lowest BCUT2D eigenvalue weighted by atomic mass is 10.8.